The number of carbonyl (C=O) groups is 1. The fourth-order valence-corrected chi connectivity index (χ4v) is 5.31. The van der Waals surface area contributed by atoms with Crippen molar-refractivity contribution in [3.63, 3.8) is 0 Å². The molecule has 1 fully saturated rings. The molecule has 0 aliphatic carbocycles. The van der Waals surface area contributed by atoms with Gasteiger partial charge in [0.05, 0.1) is 11.0 Å². The van der Waals surface area contributed by atoms with Gasteiger partial charge in [0.25, 0.3) is 11.5 Å². The minimum atomic E-state index is -0.223. The number of H-pyrrole nitrogens is 1. The van der Waals surface area contributed by atoms with Crippen LogP contribution in [0.2, 0.25) is 0 Å². The van der Waals surface area contributed by atoms with Crippen LogP contribution in [0.3, 0.4) is 0 Å². The number of nitrogens with zero attached hydrogens (tertiary/aromatic N) is 2. The molecule has 0 atom stereocenters. The third-order valence-electron chi connectivity index (χ3n) is 5.19. The molecule has 4 heterocycles. The average Bonchev–Trinajstić information content (AvgIpc) is 3.54. The summed E-state index contributed by atoms with van der Waals surface area (Å²) in [4.78, 5) is 37.1. The smallest absolute Gasteiger partial charge is 0.259 e. The molecular formula is C23H19N3O2S2. The number of amides is 1. The zero-order valence-corrected chi connectivity index (χ0v) is 17.8. The van der Waals surface area contributed by atoms with Crippen molar-refractivity contribution in [3.8, 4) is 10.4 Å². The van der Waals surface area contributed by atoms with Gasteiger partial charge in [-0.25, -0.2) is 4.98 Å². The van der Waals surface area contributed by atoms with Gasteiger partial charge < -0.3 is 9.88 Å². The lowest BCUT2D eigenvalue weighted by atomic mass is 10.1. The average molecular weight is 434 g/mol. The van der Waals surface area contributed by atoms with Gasteiger partial charge in [-0.3, -0.25) is 9.59 Å². The summed E-state index contributed by atoms with van der Waals surface area (Å²) in [5.41, 5.74) is 2.19. The van der Waals surface area contributed by atoms with Gasteiger partial charge in [-0.15, -0.1) is 11.3 Å². The summed E-state index contributed by atoms with van der Waals surface area (Å²) >= 11 is 3.03. The second-order valence-electron chi connectivity index (χ2n) is 7.22. The standard InChI is InChI=1S/C23H19N3O2S2/c27-21-18-13-19(16-6-2-1-3-7-16)30-22(18)25-20(24-21)17(12-15-8-11-29-14-15)23(28)26-9-4-5-10-26/h1-3,6-8,11-14H,4-5,9-10H2,(H,24,25,27)/b17-12+. The number of nitrogens with one attached hydrogen (secondary N) is 1. The van der Waals surface area contributed by atoms with Crippen molar-refractivity contribution in [1.29, 1.82) is 0 Å². The maximum absolute atomic E-state index is 13.2. The van der Waals surface area contributed by atoms with Gasteiger partial charge in [0.15, 0.2) is 0 Å². The molecule has 0 radical (unpaired) electrons. The highest BCUT2D eigenvalue weighted by atomic mass is 32.1. The molecule has 7 heteroatoms. The van der Waals surface area contributed by atoms with Crippen molar-refractivity contribution in [1.82, 2.24) is 14.9 Å². The third-order valence-corrected chi connectivity index (χ3v) is 6.97. The van der Waals surface area contributed by atoms with Crippen molar-refractivity contribution >= 4 is 50.4 Å². The van der Waals surface area contributed by atoms with E-state index in [0.29, 0.717) is 21.6 Å². The van der Waals surface area contributed by atoms with E-state index in [0.717, 1.165) is 41.9 Å². The fourth-order valence-electron chi connectivity index (χ4n) is 3.65. The maximum Gasteiger partial charge on any atom is 0.259 e. The predicted octanol–water partition coefficient (Wildman–Crippen LogP) is 4.88. The lowest BCUT2D eigenvalue weighted by Crippen LogP contribution is -2.29. The quantitative estimate of drug-likeness (QED) is 0.467. The Balaban J connectivity index is 1.62. The third kappa shape index (κ3) is 3.62. The molecule has 1 N–H and O–H groups in total. The molecule has 150 valence electrons. The summed E-state index contributed by atoms with van der Waals surface area (Å²) in [6, 6.07) is 13.8. The number of aromatic amines is 1. The van der Waals surface area contributed by atoms with E-state index in [1.54, 1.807) is 11.3 Å². The number of likely N-dealkylation sites (tertiary alicyclic amines) is 1. The summed E-state index contributed by atoms with van der Waals surface area (Å²) < 4.78 is 0. The van der Waals surface area contributed by atoms with Gasteiger partial charge in [0, 0.05) is 18.0 Å². The highest BCUT2D eigenvalue weighted by Crippen LogP contribution is 2.31. The first kappa shape index (κ1) is 19.0. The summed E-state index contributed by atoms with van der Waals surface area (Å²) in [5.74, 6) is 0.248. The van der Waals surface area contributed by atoms with Crippen molar-refractivity contribution in [3.05, 3.63) is 75.0 Å². The lowest BCUT2D eigenvalue weighted by molar-refractivity contribution is -0.123. The summed E-state index contributed by atoms with van der Waals surface area (Å²) in [6.07, 6.45) is 3.84. The Kier molecular flexibility index (Phi) is 5.06. The van der Waals surface area contributed by atoms with Crippen molar-refractivity contribution in [2.45, 2.75) is 12.8 Å². The molecule has 1 aromatic carbocycles. The second kappa shape index (κ2) is 8.01. The molecule has 0 spiro atoms. The number of thiophene rings is 2. The Morgan fingerprint density at radius 2 is 1.93 bits per heavy atom. The molecule has 5 nitrogen and oxygen atoms in total. The number of rotatable bonds is 4. The van der Waals surface area contributed by atoms with Gasteiger partial charge in [-0.2, -0.15) is 11.3 Å². The van der Waals surface area contributed by atoms with E-state index in [1.807, 2.05) is 64.2 Å². The largest absolute Gasteiger partial charge is 0.339 e. The first-order chi connectivity index (χ1) is 14.7. The summed E-state index contributed by atoms with van der Waals surface area (Å²) in [5, 5.41) is 4.49. The van der Waals surface area contributed by atoms with Crippen LogP contribution in [-0.4, -0.2) is 33.9 Å². The van der Waals surface area contributed by atoms with E-state index in [9.17, 15) is 9.59 Å². The minimum absolute atomic E-state index is 0.0824. The molecule has 30 heavy (non-hydrogen) atoms. The van der Waals surface area contributed by atoms with E-state index in [-0.39, 0.29) is 11.5 Å². The molecule has 1 aliphatic heterocycles. The molecule has 1 saturated heterocycles. The number of carbonyl (C=O) groups excluding carboxylic acids is 1. The van der Waals surface area contributed by atoms with Gasteiger partial charge in [-0.05, 0) is 52.9 Å². The van der Waals surface area contributed by atoms with Crippen LogP contribution in [0.1, 0.15) is 24.2 Å². The molecule has 0 unspecified atom stereocenters. The lowest BCUT2D eigenvalue weighted by Gasteiger charge is -2.17. The summed E-state index contributed by atoms with van der Waals surface area (Å²) in [7, 11) is 0. The van der Waals surface area contributed by atoms with Crippen LogP contribution in [-0.2, 0) is 4.79 Å². The van der Waals surface area contributed by atoms with Crippen LogP contribution in [0.25, 0.3) is 32.3 Å². The number of benzene rings is 1. The number of hydrogen-bond donors (Lipinski definition) is 1. The van der Waals surface area contributed by atoms with Gasteiger partial charge >= 0.3 is 0 Å². The Morgan fingerprint density at radius 3 is 2.67 bits per heavy atom. The monoisotopic (exact) mass is 433 g/mol. The Morgan fingerprint density at radius 1 is 1.13 bits per heavy atom. The van der Waals surface area contributed by atoms with Crippen molar-refractivity contribution in [2.75, 3.05) is 13.1 Å². The topological polar surface area (TPSA) is 66.1 Å². The minimum Gasteiger partial charge on any atom is -0.339 e. The molecule has 1 amide bonds. The van der Waals surface area contributed by atoms with Crippen LogP contribution in [0.5, 0.6) is 0 Å². The van der Waals surface area contributed by atoms with Crippen LogP contribution in [0.15, 0.2) is 58.0 Å². The Labute approximate surface area is 181 Å². The zero-order chi connectivity index (χ0) is 20.5. The number of hydrogen-bond acceptors (Lipinski definition) is 5. The molecule has 5 rings (SSSR count). The molecule has 1 aliphatic rings. The zero-order valence-electron chi connectivity index (χ0n) is 16.1. The van der Waals surface area contributed by atoms with Crippen molar-refractivity contribution in [2.24, 2.45) is 0 Å². The van der Waals surface area contributed by atoms with Gasteiger partial charge in [-0.1, -0.05) is 30.3 Å². The molecule has 4 aromatic rings. The van der Waals surface area contributed by atoms with Gasteiger partial charge in [0.1, 0.15) is 10.7 Å². The van der Waals surface area contributed by atoms with E-state index < -0.39 is 0 Å². The molecule has 3 aromatic heterocycles. The maximum atomic E-state index is 13.2. The van der Waals surface area contributed by atoms with E-state index >= 15 is 0 Å². The highest BCUT2D eigenvalue weighted by molar-refractivity contribution is 7.21. The number of aromatic nitrogens is 2. The van der Waals surface area contributed by atoms with Crippen molar-refractivity contribution < 1.29 is 4.79 Å². The Hall–Kier alpha value is -3.03. The van der Waals surface area contributed by atoms with Crippen LogP contribution < -0.4 is 5.56 Å². The van der Waals surface area contributed by atoms with E-state index in [1.165, 1.54) is 11.3 Å². The predicted molar refractivity (Wildman–Crippen MR) is 124 cm³/mol. The normalized spacial score (nSPS) is 14.5. The van der Waals surface area contributed by atoms with E-state index in [4.69, 9.17) is 4.98 Å². The molecule has 0 saturated carbocycles. The SMILES string of the molecule is O=C(/C(=C/c1ccsc1)c1nc2sc(-c3ccccc3)cc2c(=O)[nH]1)N1CCCC1. The highest BCUT2D eigenvalue weighted by Gasteiger charge is 2.25. The number of fused-ring (bicyclic) bond motifs is 1. The van der Waals surface area contributed by atoms with Crippen LogP contribution >= 0.6 is 22.7 Å². The fraction of sp³-hybridized carbons (Fsp3) is 0.174. The second-order valence-corrected chi connectivity index (χ2v) is 9.03. The molecule has 0 bridgehead atoms. The first-order valence-electron chi connectivity index (χ1n) is 9.82. The van der Waals surface area contributed by atoms with Gasteiger partial charge in [0.2, 0.25) is 0 Å². The first-order valence-corrected chi connectivity index (χ1v) is 11.6. The molecular weight excluding hydrogens is 414 g/mol. The van der Waals surface area contributed by atoms with Crippen LogP contribution in [0.4, 0.5) is 0 Å². The Bertz CT molecular complexity index is 1280. The summed E-state index contributed by atoms with van der Waals surface area (Å²) in [6.45, 7) is 1.48. The van der Waals surface area contributed by atoms with E-state index in [2.05, 4.69) is 4.98 Å². The van der Waals surface area contributed by atoms with Crippen LogP contribution in [0, 0.1) is 0 Å².